The molecule has 35 heavy (non-hydrogen) atoms. The van der Waals surface area contributed by atoms with Gasteiger partial charge in [0, 0.05) is 23.2 Å². The Morgan fingerprint density at radius 3 is 2.60 bits per heavy atom. The number of carbonyl (C=O) groups excluding carboxylic acids is 1. The van der Waals surface area contributed by atoms with Crippen LogP contribution in [0, 0.1) is 0 Å². The molecule has 4 rings (SSSR count). The summed E-state index contributed by atoms with van der Waals surface area (Å²) in [4.78, 5) is 31.1. The number of aromatic amines is 1. The van der Waals surface area contributed by atoms with Gasteiger partial charge in [-0.1, -0.05) is 61.0 Å². The van der Waals surface area contributed by atoms with Crippen LogP contribution in [0.3, 0.4) is 0 Å². The molecule has 5 N–H and O–H groups in total. The number of hydrogen-bond acceptors (Lipinski definition) is 5. The average molecular weight is 473 g/mol. The molecule has 0 aliphatic rings. The van der Waals surface area contributed by atoms with Crippen molar-refractivity contribution in [3.63, 3.8) is 0 Å². The van der Waals surface area contributed by atoms with E-state index in [4.69, 9.17) is 10.5 Å². The highest BCUT2D eigenvalue weighted by Gasteiger charge is 2.18. The van der Waals surface area contributed by atoms with E-state index in [1.54, 1.807) is 12.3 Å². The van der Waals surface area contributed by atoms with Gasteiger partial charge in [0.15, 0.2) is 0 Å². The number of hydrogen-bond donors (Lipinski definition) is 4. The number of imidazole rings is 1. The van der Waals surface area contributed by atoms with Crippen molar-refractivity contribution >= 4 is 28.5 Å². The number of benzene rings is 3. The molecule has 1 aromatic heterocycles. The molecule has 8 nitrogen and oxygen atoms in total. The summed E-state index contributed by atoms with van der Waals surface area (Å²) in [6.07, 6.45) is 2.52. The zero-order chi connectivity index (χ0) is 24.6. The second kappa shape index (κ2) is 11.2. The van der Waals surface area contributed by atoms with Crippen molar-refractivity contribution in [3.05, 3.63) is 84.3 Å². The molecule has 180 valence electrons. The lowest BCUT2D eigenvalue weighted by atomic mass is 10.1. The molecule has 0 radical (unpaired) electrons. The number of nitrogens with one attached hydrogen (secondary N) is 2. The van der Waals surface area contributed by atoms with E-state index in [1.165, 1.54) is 0 Å². The Morgan fingerprint density at radius 1 is 1.03 bits per heavy atom. The Morgan fingerprint density at radius 2 is 1.80 bits per heavy atom. The SMILES string of the molecule is Nc1ccccc1COC(=O)CCCC[C@H](NC(=O)O)c1ncc(-c2ccc3ccccc3c2)[nH]1. The van der Waals surface area contributed by atoms with Crippen molar-refractivity contribution in [1.29, 1.82) is 0 Å². The highest BCUT2D eigenvalue weighted by molar-refractivity contribution is 5.86. The molecular formula is C27H28N4O4. The zero-order valence-corrected chi connectivity index (χ0v) is 19.2. The van der Waals surface area contributed by atoms with Gasteiger partial charge in [0.25, 0.3) is 0 Å². The number of amides is 1. The summed E-state index contributed by atoms with van der Waals surface area (Å²) in [7, 11) is 0. The van der Waals surface area contributed by atoms with Crippen LogP contribution < -0.4 is 11.1 Å². The van der Waals surface area contributed by atoms with Gasteiger partial charge in [0.1, 0.15) is 12.4 Å². The molecule has 0 aliphatic carbocycles. The van der Waals surface area contributed by atoms with Gasteiger partial charge in [0.05, 0.1) is 17.9 Å². The lowest BCUT2D eigenvalue weighted by Gasteiger charge is -2.14. The number of nitrogens with two attached hydrogens (primary N) is 1. The van der Waals surface area contributed by atoms with E-state index in [9.17, 15) is 14.7 Å². The summed E-state index contributed by atoms with van der Waals surface area (Å²) in [5.74, 6) is 0.227. The average Bonchev–Trinajstić information content (AvgIpc) is 3.35. The van der Waals surface area contributed by atoms with Gasteiger partial charge in [-0.3, -0.25) is 4.79 Å². The number of ether oxygens (including phenoxy) is 1. The highest BCUT2D eigenvalue weighted by Crippen LogP contribution is 2.25. The highest BCUT2D eigenvalue weighted by atomic mass is 16.5. The van der Waals surface area contributed by atoms with Gasteiger partial charge in [-0.05, 0) is 35.7 Å². The quantitative estimate of drug-likeness (QED) is 0.138. The number of unbranched alkanes of at least 4 members (excludes halogenated alkanes) is 1. The number of carbonyl (C=O) groups is 2. The Hall–Kier alpha value is -4.33. The van der Waals surface area contributed by atoms with E-state index in [1.807, 2.05) is 48.5 Å². The summed E-state index contributed by atoms with van der Waals surface area (Å²) in [5.41, 5.74) is 9.00. The monoisotopic (exact) mass is 472 g/mol. The third-order valence-corrected chi connectivity index (χ3v) is 5.85. The Balaban J connectivity index is 1.32. The van der Waals surface area contributed by atoms with Crippen LogP contribution in [0.5, 0.6) is 0 Å². The normalized spacial score (nSPS) is 11.8. The van der Waals surface area contributed by atoms with Crippen LogP contribution >= 0.6 is 0 Å². The molecule has 0 saturated heterocycles. The Kier molecular flexibility index (Phi) is 7.62. The van der Waals surface area contributed by atoms with E-state index in [0.717, 1.165) is 27.6 Å². The molecule has 3 aromatic carbocycles. The largest absolute Gasteiger partial charge is 0.465 e. The van der Waals surface area contributed by atoms with Gasteiger partial charge < -0.3 is 25.9 Å². The van der Waals surface area contributed by atoms with Crippen LogP contribution in [0.1, 0.15) is 43.1 Å². The van der Waals surface area contributed by atoms with Crippen molar-refractivity contribution in [1.82, 2.24) is 15.3 Å². The van der Waals surface area contributed by atoms with Gasteiger partial charge in [0.2, 0.25) is 0 Å². The molecule has 8 heteroatoms. The first-order valence-corrected chi connectivity index (χ1v) is 11.5. The second-order valence-electron chi connectivity index (χ2n) is 8.35. The number of nitrogens with zero attached hydrogens (tertiary/aromatic N) is 1. The van der Waals surface area contributed by atoms with Gasteiger partial charge in [-0.15, -0.1) is 0 Å². The minimum absolute atomic E-state index is 0.138. The Labute approximate surface area is 203 Å². The van der Waals surface area contributed by atoms with E-state index >= 15 is 0 Å². The number of para-hydroxylation sites is 1. The maximum absolute atomic E-state index is 12.1. The van der Waals surface area contributed by atoms with Gasteiger partial charge in [-0.2, -0.15) is 0 Å². The van der Waals surface area contributed by atoms with Crippen molar-refractivity contribution in [2.45, 2.75) is 38.3 Å². The van der Waals surface area contributed by atoms with Crippen molar-refractivity contribution in [2.75, 3.05) is 5.73 Å². The first-order valence-electron chi connectivity index (χ1n) is 11.5. The summed E-state index contributed by atoms with van der Waals surface area (Å²) < 4.78 is 5.30. The summed E-state index contributed by atoms with van der Waals surface area (Å²) in [6.45, 7) is 0.138. The molecule has 1 heterocycles. The molecule has 0 spiro atoms. The van der Waals surface area contributed by atoms with Crippen LogP contribution in [0.4, 0.5) is 10.5 Å². The first-order chi connectivity index (χ1) is 17.0. The fourth-order valence-electron chi connectivity index (χ4n) is 3.96. The summed E-state index contributed by atoms with van der Waals surface area (Å²) in [6, 6.07) is 20.9. The number of anilines is 1. The number of fused-ring (bicyclic) bond motifs is 1. The van der Waals surface area contributed by atoms with Crippen LogP contribution in [0.25, 0.3) is 22.0 Å². The first kappa shape index (κ1) is 23.8. The topological polar surface area (TPSA) is 130 Å². The number of rotatable bonds is 10. The predicted octanol–water partition coefficient (Wildman–Crippen LogP) is 5.42. The summed E-state index contributed by atoms with van der Waals surface area (Å²) >= 11 is 0. The number of H-pyrrole nitrogens is 1. The molecule has 1 atom stereocenters. The fraction of sp³-hybridized carbons (Fsp3) is 0.222. The molecule has 1 amide bonds. The number of nitrogen functional groups attached to an aromatic ring is 1. The van der Waals surface area contributed by atoms with Crippen molar-refractivity contribution in [3.8, 4) is 11.3 Å². The number of esters is 1. The third kappa shape index (κ3) is 6.38. The van der Waals surface area contributed by atoms with Crippen molar-refractivity contribution in [2.24, 2.45) is 0 Å². The zero-order valence-electron chi connectivity index (χ0n) is 19.2. The van der Waals surface area contributed by atoms with Crippen molar-refractivity contribution < 1.29 is 19.4 Å². The molecule has 0 aliphatic heterocycles. The molecule has 0 unspecified atom stereocenters. The second-order valence-corrected chi connectivity index (χ2v) is 8.35. The standard InChI is InChI=1S/C27H28N4O4/c28-22-10-4-3-9-21(22)17-35-25(32)12-6-5-11-23(31-27(33)34)26-29-16-24(30-26)20-14-13-18-7-1-2-8-19(18)15-20/h1-4,7-10,13-16,23,31H,5-6,11-12,17,28H2,(H,29,30)(H,33,34)/t23-/m0/s1. The van der Waals surface area contributed by atoms with E-state index in [0.29, 0.717) is 30.8 Å². The van der Waals surface area contributed by atoms with Gasteiger partial charge in [-0.25, -0.2) is 9.78 Å². The molecular weight excluding hydrogens is 444 g/mol. The van der Waals surface area contributed by atoms with Crippen LogP contribution in [-0.4, -0.2) is 27.1 Å². The van der Waals surface area contributed by atoms with E-state index < -0.39 is 12.1 Å². The van der Waals surface area contributed by atoms with E-state index in [-0.39, 0.29) is 19.0 Å². The predicted molar refractivity (Wildman–Crippen MR) is 135 cm³/mol. The maximum atomic E-state index is 12.1. The number of carboxylic acid groups (broad SMARTS) is 1. The minimum atomic E-state index is -1.13. The molecule has 4 aromatic rings. The number of aromatic nitrogens is 2. The molecule has 0 saturated carbocycles. The van der Waals surface area contributed by atoms with Gasteiger partial charge >= 0.3 is 12.1 Å². The maximum Gasteiger partial charge on any atom is 0.405 e. The lowest BCUT2D eigenvalue weighted by molar-refractivity contribution is -0.145. The summed E-state index contributed by atoms with van der Waals surface area (Å²) in [5, 5.41) is 14.1. The smallest absolute Gasteiger partial charge is 0.405 e. The third-order valence-electron chi connectivity index (χ3n) is 5.85. The molecule has 0 bridgehead atoms. The van der Waals surface area contributed by atoms with Crippen LogP contribution in [-0.2, 0) is 16.1 Å². The Bertz CT molecular complexity index is 1320. The lowest BCUT2D eigenvalue weighted by Crippen LogP contribution is -2.27. The fourth-order valence-corrected chi connectivity index (χ4v) is 3.96. The molecule has 0 fully saturated rings. The van der Waals surface area contributed by atoms with Crippen LogP contribution in [0.15, 0.2) is 72.9 Å². The van der Waals surface area contributed by atoms with Crippen LogP contribution in [0.2, 0.25) is 0 Å². The minimum Gasteiger partial charge on any atom is -0.465 e. The van der Waals surface area contributed by atoms with E-state index in [2.05, 4.69) is 27.4 Å².